The molecule has 13 heteroatoms. The second kappa shape index (κ2) is 11.7. The van der Waals surface area contributed by atoms with E-state index in [0.29, 0.717) is 18.8 Å². The van der Waals surface area contributed by atoms with E-state index in [9.17, 15) is 14.9 Å². The van der Waals surface area contributed by atoms with E-state index in [0.717, 1.165) is 47.3 Å². The lowest BCUT2D eigenvalue weighted by Gasteiger charge is -2.34. The number of carbonyl (C=O) groups excluding carboxylic acids is 1. The molecule has 1 fully saturated rings. The molecule has 1 N–H and O–H groups in total. The van der Waals surface area contributed by atoms with E-state index >= 15 is 0 Å². The quantitative estimate of drug-likeness (QED) is 0.338. The molecule has 2 aromatic carbocycles. The van der Waals surface area contributed by atoms with Crippen molar-refractivity contribution >= 4 is 62.3 Å². The molecule has 35 heavy (non-hydrogen) atoms. The lowest BCUT2D eigenvalue weighted by atomic mass is 10.1. The summed E-state index contributed by atoms with van der Waals surface area (Å²) >= 11 is 7.49. The SMILES string of the molecule is COc1ccc(OC)c2sc(N3CCN(CCNC(=O)c4cc(Cl)ccc4[N+](=O)[O-])CC3)nc12.Cl. The smallest absolute Gasteiger partial charge is 0.282 e. The molecule has 3 aromatic rings. The monoisotopic (exact) mass is 541 g/mol. The maximum Gasteiger partial charge on any atom is 0.282 e. The number of hydrogen-bond donors (Lipinski definition) is 1. The lowest BCUT2D eigenvalue weighted by Crippen LogP contribution is -2.48. The number of nitro benzene ring substituents is 1. The number of benzene rings is 2. The van der Waals surface area contributed by atoms with Gasteiger partial charge in [0.15, 0.2) is 5.13 Å². The standard InChI is InChI=1S/C22H24ClN5O5S.ClH/c1-32-17-5-6-18(33-2)20-19(17)25-22(34-20)27-11-9-26(10-12-27)8-7-24-21(29)15-13-14(23)3-4-16(15)28(30)31;/h3-6,13H,7-12H2,1-2H3,(H,24,29);1H. The zero-order chi connectivity index (χ0) is 24.2. The summed E-state index contributed by atoms with van der Waals surface area (Å²) in [6, 6.07) is 7.69. The Labute approximate surface area is 217 Å². The number of anilines is 1. The Kier molecular flexibility index (Phi) is 8.95. The van der Waals surface area contributed by atoms with Gasteiger partial charge >= 0.3 is 0 Å². The van der Waals surface area contributed by atoms with Crippen LogP contribution in [-0.4, -0.2) is 74.2 Å². The van der Waals surface area contributed by atoms with Crippen molar-refractivity contribution in [3.05, 3.63) is 51.0 Å². The van der Waals surface area contributed by atoms with Crippen molar-refractivity contribution in [1.82, 2.24) is 15.2 Å². The van der Waals surface area contributed by atoms with Crippen molar-refractivity contribution in [3.8, 4) is 11.5 Å². The van der Waals surface area contributed by atoms with E-state index in [2.05, 4.69) is 15.1 Å². The van der Waals surface area contributed by atoms with Crippen LogP contribution in [0.25, 0.3) is 10.2 Å². The number of piperazine rings is 1. The van der Waals surface area contributed by atoms with Crippen LogP contribution in [0.15, 0.2) is 30.3 Å². The number of ether oxygens (including phenoxy) is 2. The molecular formula is C22H25Cl2N5O5S. The van der Waals surface area contributed by atoms with Crippen molar-refractivity contribution in [2.45, 2.75) is 0 Å². The molecular weight excluding hydrogens is 517 g/mol. The number of aromatic nitrogens is 1. The molecule has 188 valence electrons. The lowest BCUT2D eigenvalue weighted by molar-refractivity contribution is -0.385. The Balaban J connectivity index is 0.00000342. The van der Waals surface area contributed by atoms with E-state index in [-0.39, 0.29) is 28.7 Å². The summed E-state index contributed by atoms with van der Waals surface area (Å²) in [7, 11) is 3.27. The van der Waals surface area contributed by atoms with Crippen molar-refractivity contribution in [3.63, 3.8) is 0 Å². The number of hydrogen-bond acceptors (Lipinski definition) is 9. The number of halogens is 2. The Hall–Kier alpha value is -2.86. The van der Waals surface area contributed by atoms with E-state index in [1.54, 1.807) is 25.6 Å². The molecule has 1 aromatic heterocycles. The van der Waals surface area contributed by atoms with Crippen LogP contribution in [-0.2, 0) is 0 Å². The van der Waals surface area contributed by atoms with E-state index in [1.807, 2.05) is 12.1 Å². The first-order valence-corrected chi connectivity index (χ1v) is 11.8. The van der Waals surface area contributed by atoms with Crippen molar-refractivity contribution in [2.75, 3.05) is 58.4 Å². The summed E-state index contributed by atoms with van der Waals surface area (Å²) < 4.78 is 11.9. The van der Waals surface area contributed by atoms with Crippen LogP contribution in [0.4, 0.5) is 10.8 Å². The average Bonchev–Trinajstić information content (AvgIpc) is 3.29. The second-order valence-corrected chi connectivity index (χ2v) is 9.06. The number of rotatable bonds is 8. The van der Waals surface area contributed by atoms with Crippen LogP contribution in [0.5, 0.6) is 11.5 Å². The molecule has 0 spiro atoms. The van der Waals surface area contributed by atoms with Gasteiger partial charge in [0.1, 0.15) is 27.3 Å². The van der Waals surface area contributed by atoms with Gasteiger partial charge in [-0.25, -0.2) is 4.98 Å². The van der Waals surface area contributed by atoms with Crippen LogP contribution >= 0.6 is 35.3 Å². The Morgan fingerprint density at radius 1 is 1.17 bits per heavy atom. The third-order valence-corrected chi connectivity index (χ3v) is 7.02. The maximum absolute atomic E-state index is 12.5. The number of carbonyl (C=O) groups is 1. The fourth-order valence-corrected chi connectivity index (χ4v) is 5.14. The Morgan fingerprint density at radius 2 is 1.86 bits per heavy atom. The minimum Gasteiger partial charge on any atom is -0.495 e. The number of amides is 1. The molecule has 1 aliphatic heterocycles. The van der Waals surface area contributed by atoms with Crippen LogP contribution in [0.1, 0.15) is 10.4 Å². The fraction of sp³-hybridized carbons (Fsp3) is 0.364. The molecule has 0 unspecified atom stereocenters. The first-order chi connectivity index (χ1) is 16.4. The van der Waals surface area contributed by atoms with E-state index in [1.165, 1.54) is 18.2 Å². The molecule has 1 aliphatic rings. The predicted octanol–water partition coefficient (Wildman–Crippen LogP) is 3.85. The highest BCUT2D eigenvalue weighted by Gasteiger charge is 2.23. The first-order valence-electron chi connectivity index (χ1n) is 10.6. The number of nitrogens with zero attached hydrogens (tertiary/aromatic N) is 4. The molecule has 2 heterocycles. The van der Waals surface area contributed by atoms with Crippen LogP contribution < -0.4 is 19.7 Å². The summed E-state index contributed by atoms with van der Waals surface area (Å²) in [6.45, 7) is 4.19. The summed E-state index contributed by atoms with van der Waals surface area (Å²) in [5.41, 5.74) is 0.491. The number of fused-ring (bicyclic) bond motifs is 1. The first kappa shape index (κ1) is 26.7. The maximum atomic E-state index is 12.5. The van der Waals surface area contributed by atoms with E-state index < -0.39 is 10.8 Å². The van der Waals surface area contributed by atoms with Crippen LogP contribution in [0.3, 0.4) is 0 Å². The van der Waals surface area contributed by atoms with Gasteiger partial charge in [0.2, 0.25) is 0 Å². The van der Waals surface area contributed by atoms with E-state index in [4.69, 9.17) is 26.1 Å². The van der Waals surface area contributed by atoms with Gasteiger partial charge < -0.3 is 19.7 Å². The highest BCUT2D eigenvalue weighted by atomic mass is 35.5. The molecule has 1 amide bonds. The predicted molar refractivity (Wildman–Crippen MR) is 139 cm³/mol. The molecule has 0 bridgehead atoms. The molecule has 0 atom stereocenters. The normalized spacial score (nSPS) is 13.9. The summed E-state index contributed by atoms with van der Waals surface area (Å²) in [4.78, 5) is 32.3. The highest BCUT2D eigenvalue weighted by Crippen LogP contribution is 2.40. The third-order valence-electron chi connectivity index (χ3n) is 5.66. The highest BCUT2D eigenvalue weighted by molar-refractivity contribution is 7.22. The van der Waals surface area contributed by atoms with Crippen LogP contribution in [0.2, 0.25) is 5.02 Å². The number of nitrogens with one attached hydrogen (secondary N) is 1. The Bertz CT molecular complexity index is 1180. The summed E-state index contributed by atoms with van der Waals surface area (Å²) in [5, 5.41) is 15.1. The fourth-order valence-electron chi connectivity index (χ4n) is 3.84. The van der Waals surface area contributed by atoms with Gasteiger partial charge in [-0.05, 0) is 24.3 Å². The molecule has 0 saturated carbocycles. The minimum absolute atomic E-state index is 0. The van der Waals surface area contributed by atoms with Gasteiger partial charge in [-0.2, -0.15) is 0 Å². The number of methoxy groups -OCH3 is 2. The van der Waals surface area contributed by atoms with Gasteiger partial charge in [-0.3, -0.25) is 19.8 Å². The number of nitro groups is 1. The van der Waals surface area contributed by atoms with Crippen LogP contribution in [0, 0.1) is 10.1 Å². The van der Waals surface area contributed by atoms with Crippen molar-refractivity contribution in [2.24, 2.45) is 0 Å². The van der Waals surface area contributed by atoms with Gasteiger partial charge in [0.25, 0.3) is 11.6 Å². The van der Waals surface area contributed by atoms with Crippen molar-refractivity contribution in [1.29, 1.82) is 0 Å². The number of thiazole rings is 1. The van der Waals surface area contributed by atoms with Gasteiger partial charge in [-0.1, -0.05) is 22.9 Å². The second-order valence-electron chi connectivity index (χ2n) is 7.65. The average molecular weight is 542 g/mol. The zero-order valence-electron chi connectivity index (χ0n) is 19.2. The molecule has 10 nitrogen and oxygen atoms in total. The van der Waals surface area contributed by atoms with Crippen molar-refractivity contribution < 1.29 is 19.2 Å². The summed E-state index contributed by atoms with van der Waals surface area (Å²) in [6.07, 6.45) is 0. The molecule has 0 radical (unpaired) electrons. The zero-order valence-corrected chi connectivity index (χ0v) is 21.5. The van der Waals surface area contributed by atoms with Gasteiger partial charge in [-0.15, -0.1) is 12.4 Å². The molecule has 4 rings (SSSR count). The Morgan fingerprint density at radius 3 is 2.51 bits per heavy atom. The topological polar surface area (TPSA) is 110 Å². The third kappa shape index (κ3) is 5.87. The van der Waals surface area contributed by atoms with Gasteiger partial charge in [0.05, 0.1) is 19.1 Å². The van der Waals surface area contributed by atoms with Gasteiger partial charge in [0, 0.05) is 50.4 Å². The largest absolute Gasteiger partial charge is 0.495 e. The molecule has 0 aliphatic carbocycles. The summed E-state index contributed by atoms with van der Waals surface area (Å²) in [5.74, 6) is 0.978. The molecule has 1 saturated heterocycles. The minimum atomic E-state index is -0.586.